The predicted octanol–water partition coefficient (Wildman–Crippen LogP) is 4.01. The number of nitrogens with zero attached hydrogens (tertiary/aromatic N) is 3. The third-order valence-electron chi connectivity index (χ3n) is 4.17. The molecule has 5 heteroatoms. The topological polar surface area (TPSA) is 55.2 Å². The maximum Gasteiger partial charge on any atom is 0.197 e. The number of fused-ring (bicyclic) bond motifs is 2. The molecular weight excluding hydrogens is 288 g/mol. The summed E-state index contributed by atoms with van der Waals surface area (Å²) < 4.78 is 7.24. The van der Waals surface area contributed by atoms with Crippen LogP contribution in [0.4, 0.5) is 0 Å². The van der Waals surface area contributed by atoms with E-state index >= 15 is 0 Å². The largest absolute Gasteiger partial charge is 0.493 e. The molecule has 0 bridgehead atoms. The molecule has 0 aliphatic rings. The van der Waals surface area contributed by atoms with Gasteiger partial charge in [0.05, 0.1) is 12.8 Å². The second-order valence-electron chi connectivity index (χ2n) is 5.94. The Hall–Kier alpha value is -2.82. The average Bonchev–Trinajstić information content (AvgIpc) is 3.17. The van der Waals surface area contributed by atoms with Gasteiger partial charge in [-0.25, -0.2) is 9.50 Å². The van der Waals surface area contributed by atoms with Gasteiger partial charge in [0.25, 0.3) is 0 Å². The number of ether oxygens (including phenoxy) is 1. The van der Waals surface area contributed by atoms with Crippen molar-refractivity contribution in [3.63, 3.8) is 0 Å². The van der Waals surface area contributed by atoms with Crippen LogP contribution in [-0.4, -0.2) is 26.7 Å². The normalized spacial score (nSPS) is 11.7. The van der Waals surface area contributed by atoms with Crippen molar-refractivity contribution in [3.8, 4) is 17.0 Å². The van der Waals surface area contributed by atoms with Crippen LogP contribution in [0.3, 0.4) is 0 Å². The summed E-state index contributed by atoms with van der Waals surface area (Å²) in [5.74, 6) is 1.12. The van der Waals surface area contributed by atoms with E-state index in [9.17, 15) is 0 Å². The highest BCUT2D eigenvalue weighted by atomic mass is 16.5. The zero-order valence-electron chi connectivity index (χ0n) is 13.4. The van der Waals surface area contributed by atoms with E-state index in [0.29, 0.717) is 11.7 Å². The van der Waals surface area contributed by atoms with E-state index in [1.807, 2.05) is 18.3 Å². The lowest BCUT2D eigenvalue weighted by Crippen LogP contribution is -1.96. The molecule has 0 unspecified atom stereocenters. The maximum atomic E-state index is 5.49. The van der Waals surface area contributed by atoms with Crippen molar-refractivity contribution in [3.05, 3.63) is 48.4 Å². The summed E-state index contributed by atoms with van der Waals surface area (Å²) in [5, 5.41) is 5.51. The molecule has 3 aromatic heterocycles. The van der Waals surface area contributed by atoms with Crippen molar-refractivity contribution in [1.29, 1.82) is 0 Å². The van der Waals surface area contributed by atoms with E-state index < -0.39 is 0 Å². The number of rotatable bonds is 3. The highest BCUT2D eigenvalue weighted by Gasteiger charge is 2.18. The summed E-state index contributed by atoms with van der Waals surface area (Å²) in [4.78, 5) is 7.79. The van der Waals surface area contributed by atoms with Crippen LogP contribution in [0.2, 0.25) is 0 Å². The van der Waals surface area contributed by atoms with E-state index in [4.69, 9.17) is 4.74 Å². The SMILES string of the molecule is COc1cc(-c2[nH]c3ccccc3c2C(C)C)cn2ncnc12. The van der Waals surface area contributed by atoms with Crippen LogP contribution >= 0.6 is 0 Å². The molecule has 1 N–H and O–H groups in total. The Labute approximate surface area is 133 Å². The Morgan fingerprint density at radius 1 is 1.22 bits per heavy atom. The quantitative estimate of drug-likeness (QED) is 0.622. The lowest BCUT2D eigenvalue weighted by molar-refractivity contribution is 0.416. The van der Waals surface area contributed by atoms with Crippen molar-refractivity contribution in [2.75, 3.05) is 7.11 Å². The Morgan fingerprint density at radius 2 is 2.04 bits per heavy atom. The maximum absolute atomic E-state index is 5.49. The molecule has 0 spiro atoms. The van der Waals surface area contributed by atoms with Crippen molar-refractivity contribution in [2.24, 2.45) is 0 Å². The van der Waals surface area contributed by atoms with Gasteiger partial charge < -0.3 is 9.72 Å². The minimum Gasteiger partial charge on any atom is -0.493 e. The Morgan fingerprint density at radius 3 is 2.83 bits per heavy atom. The van der Waals surface area contributed by atoms with Crippen LogP contribution in [0.1, 0.15) is 25.3 Å². The predicted molar refractivity (Wildman–Crippen MR) is 90.9 cm³/mol. The summed E-state index contributed by atoms with van der Waals surface area (Å²) in [6, 6.07) is 10.4. The van der Waals surface area contributed by atoms with E-state index in [2.05, 4.69) is 47.1 Å². The number of nitrogens with one attached hydrogen (secondary N) is 1. The number of aromatic amines is 1. The first-order valence-electron chi connectivity index (χ1n) is 7.67. The van der Waals surface area contributed by atoms with Gasteiger partial charge in [-0.2, -0.15) is 5.10 Å². The number of hydrogen-bond donors (Lipinski definition) is 1. The summed E-state index contributed by atoms with van der Waals surface area (Å²) in [7, 11) is 1.66. The number of methoxy groups -OCH3 is 1. The minimum atomic E-state index is 0.401. The zero-order chi connectivity index (χ0) is 16.0. The smallest absolute Gasteiger partial charge is 0.197 e. The van der Waals surface area contributed by atoms with Crippen LogP contribution in [0.25, 0.3) is 27.8 Å². The fourth-order valence-corrected chi connectivity index (χ4v) is 3.17. The first-order chi connectivity index (χ1) is 11.2. The lowest BCUT2D eigenvalue weighted by Gasteiger charge is -2.10. The fraction of sp³-hybridized carbons (Fsp3) is 0.222. The van der Waals surface area contributed by atoms with E-state index in [1.165, 1.54) is 17.3 Å². The molecule has 0 aliphatic carbocycles. The molecule has 116 valence electrons. The molecule has 0 amide bonds. The lowest BCUT2D eigenvalue weighted by atomic mass is 9.97. The molecular formula is C18H18N4O. The van der Waals surface area contributed by atoms with Gasteiger partial charge in [0.2, 0.25) is 0 Å². The van der Waals surface area contributed by atoms with Gasteiger partial charge >= 0.3 is 0 Å². The highest BCUT2D eigenvalue weighted by Crippen LogP contribution is 2.36. The molecule has 4 rings (SSSR count). The number of aromatic nitrogens is 4. The molecule has 0 fully saturated rings. The molecule has 0 aliphatic heterocycles. The van der Waals surface area contributed by atoms with Crippen LogP contribution < -0.4 is 4.74 Å². The van der Waals surface area contributed by atoms with Gasteiger partial charge in [-0.3, -0.25) is 0 Å². The summed E-state index contributed by atoms with van der Waals surface area (Å²) in [6.45, 7) is 4.43. The summed E-state index contributed by atoms with van der Waals surface area (Å²) in [5.41, 5.74) is 5.32. The number of pyridine rings is 1. The first-order valence-corrected chi connectivity index (χ1v) is 7.67. The van der Waals surface area contributed by atoms with Gasteiger partial charge in [-0.05, 0) is 23.6 Å². The van der Waals surface area contributed by atoms with Crippen molar-refractivity contribution < 1.29 is 4.74 Å². The van der Waals surface area contributed by atoms with Crippen LogP contribution in [-0.2, 0) is 0 Å². The van der Waals surface area contributed by atoms with Gasteiger partial charge in [0.15, 0.2) is 11.4 Å². The highest BCUT2D eigenvalue weighted by molar-refractivity contribution is 5.91. The van der Waals surface area contributed by atoms with E-state index in [0.717, 1.165) is 22.4 Å². The number of para-hydroxylation sites is 1. The molecule has 1 aromatic carbocycles. The van der Waals surface area contributed by atoms with Gasteiger partial charge in [0.1, 0.15) is 6.33 Å². The van der Waals surface area contributed by atoms with Crippen molar-refractivity contribution >= 4 is 16.6 Å². The van der Waals surface area contributed by atoms with Gasteiger partial charge in [0, 0.05) is 22.7 Å². The van der Waals surface area contributed by atoms with Crippen LogP contribution in [0.15, 0.2) is 42.9 Å². The Kier molecular flexibility index (Phi) is 3.08. The van der Waals surface area contributed by atoms with Gasteiger partial charge in [-0.15, -0.1) is 0 Å². The second kappa shape index (κ2) is 5.12. The molecule has 5 nitrogen and oxygen atoms in total. The van der Waals surface area contributed by atoms with E-state index in [-0.39, 0.29) is 0 Å². The third-order valence-corrected chi connectivity index (χ3v) is 4.17. The Bertz CT molecular complexity index is 997. The van der Waals surface area contributed by atoms with Crippen molar-refractivity contribution in [2.45, 2.75) is 19.8 Å². The van der Waals surface area contributed by atoms with Crippen LogP contribution in [0.5, 0.6) is 5.75 Å². The number of benzene rings is 1. The molecule has 4 aromatic rings. The number of hydrogen-bond acceptors (Lipinski definition) is 3. The molecule has 0 saturated heterocycles. The second-order valence-corrected chi connectivity index (χ2v) is 5.94. The first kappa shape index (κ1) is 13.8. The molecule has 3 heterocycles. The van der Waals surface area contributed by atoms with Crippen molar-refractivity contribution in [1.82, 2.24) is 19.6 Å². The summed E-state index contributed by atoms with van der Waals surface area (Å²) >= 11 is 0. The zero-order valence-corrected chi connectivity index (χ0v) is 13.4. The monoisotopic (exact) mass is 306 g/mol. The third kappa shape index (κ3) is 2.08. The van der Waals surface area contributed by atoms with Gasteiger partial charge in [-0.1, -0.05) is 32.0 Å². The molecule has 23 heavy (non-hydrogen) atoms. The molecule has 0 atom stereocenters. The summed E-state index contributed by atoms with van der Waals surface area (Å²) in [6.07, 6.45) is 3.53. The Balaban J connectivity index is 2.04. The number of H-pyrrole nitrogens is 1. The molecule has 0 saturated carbocycles. The standard InChI is InChI=1S/C18H18N4O/c1-11(2)16-13-6-4-5-7-14(13)21-17(16)12-8-15(23-3)18-19-10-20-22(18)9-12/h4-11,21H,1-3H3. The fourth-order valence-electron chi connectivity index (χ4n) is 3.17. The molecule has 0 radical (unpaired) electrons. The average molecular weight is 306 g/mol. The van der Waals surface area contributed by atoms with Crippen LogP contribution in [0, 0.1) is 0 Å². The minimum absolute atomic E-state index is 0.401. The van der Waals surface area contributed by atoms with E-state index in [1.54, 1.807) is 11.6 Å².